The molecule has 0 atom stereocenters. The first-order valence-electron chi connectivity index (χ1n) is 8.29. The summed E-state index contributed by atoms with van der Waals surface area (Å²) in [4.78, 5) is 23.5. The third-order valence-corrected chi connectivity index (χ3v) is 4.20. The van der Waals surface area contributed by atoms with Gasteiger partial charge in [-0.05, 0) is 48.9 Å². The van der Waals surface area contributed by atoms with Crippen LogP contribution in [-0.4, -0.2) is 36.4 Å². The molecule has 0 radical (unpaired) electrons. The zero-order valence-corrected chi connectivity index (χ0v) is 15.9. The summed E-state index contributed by atoms with van der Waals surface area (Å²) in [6.45, 7) is 1.27. The van der Waals surface area contributed by atoms with Crippen molar-refractivity contribution in [1.82, 2.24) is 0 Å². The maximum atomic E-state index is 12.8. The normalized spacial score (nSPS) is 15.0. The van der Waals surface area contributed by atoms with Gasteiger partial charge in [-0.25, -0.2) is 4.79 Å². The Bertz CT molecular complexity index is 1000. The van der Waals surface area contributed by atoms with Crippen LogP contribution >= 0.6 is 11.6 Å². The van der Waals surface area contributed by atoms with Gasteiger partial charge in [0.05, 0.1) is 24.1 Å². The summed E-state index contributed by atoms with van der Waals surface area (Å²) in [6.07, 6.45) is 1.69. The lowest BCUT2D eigenvalue weighted by atomic mass is 10.1. The molecule has 144 valence electrons. The van der Waals surface area contributed by atoms with Crippen LogP contribution in [0.4, 0.5) is 5.69 Å². The summed E-state index contributed by atoms with van der Waals surface area (Å²) in [7, 11) is 1.45. The molecule has 7 nitrogen and oxygen atoms in total. The van der Waals surface area contributed by atoms with E-state index in [2.05, 4.69) is 5.10 Å². The number of ether oxygens (including phenoxy) is 2. The number of nitrogens with zero attached hydrogens (tertiary/aromatic N) is 2. The number of amides is 1. The summed E-state index contributed by atoms with van der Waals surface area (Å²) in [6, 6.07) is 11.8. The van der Waals surface area contributed by atoms with Crippen molar-refractivity contribution >= 4 is 41.0 Å². The van der Waals surface area contributed by atoms with Crippen LogP contribution in [0.5, 0.6) is 11.5 Å². The molecule has 8 heteroatoms. The minimum absolute atomic E-state index is 0.273. The number of anilines is 1. The summed E-state index contributed by atoms with van der Waals surface area (Å²) in [5.74, 6) is -0.694. The molecule has 2 aromatic carbocycles. The van der Waals surface area contributed by atoms with E-state index in [0.717, 1.165) is 0 Å². The molecule has 0 aliphatic carbocycles. The molecule has 0 aromatic heterocycles. The Labute approximate surface area is 166 Å². The molecule has 1 aliphatic heterocycles. The van der Waals surface area contributed by atoms with E-state index < -0.39 is 12.6 Å². The SMILES string of the molecule is COc1cc(/C=C2/C(=O)N(c3cccc(Cl)c3)N=C2C)ccc1OCC(=O)O. The van der Waals surface area contributed by atoms with Crippen LogP contribution in [0.1, 0.15) is 12.5 Å². The lowest BCUT2D eigenvalue weighted by Gasteiger charge is -2.12. The zero-order chi connectivity index (χ0) is 20.3. The highest BCUT2D eigenvalue weighted by Crippen LogP contribution is 2.31. The Morgan fingerprint density at radius 1 is 1.25 bits per heavy atom. The molecule has 0 fully saturated rings. The molecule has 28 heavy (non-hydrogen) atoms. The van der Waals surface area contributed by atoms with Crippen molar-refractivity contribution in [3.05, 3.63) is 58.6 Å². The third-order valence-electron chi connectivity index (χ3n) is 3.97. The van der Waals surface area contributed by atoms with Crippen molar-refractivity contribution in [1.29, 1.82) is 0 Å². The predicted molar refractivity (Wildman–Crippen MR) is 106 cm³/mol. The Balaban J connectivity index is 1.88. The van der Waals surface area contributed by atoms with Crippen LogP contribution in [0.2, 0.25) is 5.02 Å². The second-order valence-corrected chi connectivity index (χ2v) is 6.37. The molecule has 0 saturated carbocycles. The van der Waals surface area contributed by atoms with E-state index in [1.165, 1.54) is 12.1 Å². The number of rotatable bonds is 6. The van der Waals surface area contributed by atoms with Gasteiger partial charge in [-0.2, -0.15) is 10.1 Å². The largest absolute Gasteiger partial charge is 0.493 e. The fourth-order valence-electron chi connectivity index (χ4n) is 2.67. The van der Waals surface area contributed by atoms with Crippen molar-refractivity contribution in [3.63, 3.8) is 0 Å². The van der Waals surface area contributed by atoms with E-state index in [1.807, 2.05) is 0 Å². The van der Waals surface area contributed by atoms with Crippen LogP contribution in [0, 0.1) is 0 Å². The average molecular weight is 401 g/mol. The summed E-state index contributed by atoms with van der Waals surface area (Å²) >= 11 is 6.00. The first-order valence-corrected chi connectivity index (χ1v) is 8.67. The van der Waals surface area contributed by atoms with E-state index in [-0.39, 0.29) is 5.91 Å². The molecule has 0 spiro atoms. The summed E-state index contributed by atoms with van der Waals surface area (Å²) < 4.78 is 10.4. The lowest BCUT2D eigenvalue weighted by molar-refractivity contribution is -0.139. The number of benzene rings is 2. The molecule has 0 saturated heterocycles. The summed E-state index contributed by atoms with van der Waals surface area (Å²) in [5, 5.41) is 14.9. The van der Waals surface area contributed by atoms with Crippen LogP contribution in [0.15, 0.2) is 53.1 Å². The fourth-order valence-corrected chi connectivity index (χ4v) is 2.85. The predicted octanol–water partition coefficient (Wildman–Crippen LogP) is 3.62. The Kier molecular flexibility index (Phi) is 5.65. The number of hydrogen-bond donors (Lipinski definition) is 1. The second-order valence-electron chi connectivity index (χ2n) is 5.93. The third kappa shape index (κ3) is 4.15. The molecule has 3 rings (SSSR count). The van der Waals surface area contributed by atoms with Gasteiger partial charge in [0.2, 0.25) is 0 Å². The highest BCUT2D eigenvalue weighted by Gasteiger charge is 2.28. The first-order chi connectivity index (χ1) is 13.4. The molecule has 1 N–H and O–H groups in total. The monoisotopic (exact) mass is 400 g/mol. The highest BCUT2D eigenvalue weighted by atomic mass is 35.5. The summed E-state index contributed by atoms with van der Waals surface area (Å²) in [5.41, 5.74) is 2.26. The minimum Gasteiger partial charge on any atom is -0.493 e. The minimum atomic E-state index is -1.09. The number of carboxylic acid groups (broad SMARTS) is 1. The van der Waals surface area contributed by atoms with Gasteiger partial charge in [0, 0.05) is 5.02 Å². The van der Waals surface area contributed by atoms with Crippen LogP contribution in [0.25, 0.3) is 6.08 Å². The van der Waals surface area contributed by atoms with Gasteiger partial charge in [-0.15, -0.1) is 0 Å². The number of methoxy groups -OCH3 is 1. The van der Waals surface area contributed by atoms with Crippen molar-refractivity contribution in [2.45, 2.75) is 6.92 Å². The molecular formula is C20H17ClN2O5. The molecule has 1 aliphatic rings. The van der Waals surface area contributed by atoms with Crippen LogP contribution in [0.3, 0.4) is 0 Å². The first kappa shape index (κ1) is 19.4. The van der Waals surface area contributed by atoms with E-state index in [9.17, 15) is 9.59 Å². The Hall–Kier alpha value is -3.32. The van der Waals surface area contributed by atoms with Crippen molar-refractivity contribution in [3.8, 4) is 11.5 Å². The maximum Gasteiger partial charge on any atom is 0.341 e. The fraction of sp³-hybridized carbons (Fsp3) is 0.150. The number of hydrogen-bond acceptors (Lipinski definition) is 5. The highest BCUT2D eigenvalue weighted by molar-refractivity contribution is 6.33. The van der Waals surface area contributed by atoms with E-state index in [0.29, 0.717) is 39.1 Å². The zero-order valence-electron chi connectivity index (χ0n) is 15.2. The van der Waals surface area contributed by atoms with Gasteiger partial charge in [0.15, 0.2) is 18.1 Å². The van der Waals surface area contributed by atoms with Gasteiger partial charge >= 0.3 is 5.97 Å². The van der Waals surface area contributed by atoms with Gasteiger partial charge < -0.3 is 14.6 Å². The standard InChI is InChI=1S/C20H17ClN2O5/c1-12-16(20(26)23(22-12)15-5-3-4-14(21)10-15)8-13-6-7-17(18(9-13)27-2)28-11-19(24)25/h3-10H,11H2,1-2H3,(H,24,25)/b16-8+. The molecule has 0 bridgehead atoms. The number of carbonyl (C=O) groups is 2. The maximum absolute atomic E-state index is 12.8. The van der Waals surface area contributed by atoms with Crippen molar-refractivity contribution in [2.75, 3.05) is 18.7 Å². The van der Waals surface area contributed by atoms with Crippen molar-refractivity contribution in [2.24, 2.45) is 5.10 Å². The second kappa shape index (κ2) is 8.14. The number of carbonyl (C=O) groups excluding carboxylic acids is 1. The van der Waals surface area contributed by atoms with Crippen LogP contribution < -0.4 is 14.5 Å². The lowest BCUT2D eigenvalue weighted by Crippen LogP contribution is -2.21. The molecule has 0 unspecified atom stereocenters. The van der Waals surface area contributed by atoms with E-state index in [1.54, 1.807) is 55.5 Å². The average Bonchev–Trinajstić information content (AvgIpc) is 2.95. The Morgan fingerprint density at radius 2 is 2.04 bits per heavy atom. The van der Waals surface area contributed by atoms with Gasteiger partial charge in [0.25, 0.3) is 5.91 Å². The molecule has 1 amide bonds. The molecule has 1 heterocycles. The molecular weight excluding hydrogens is 384 g/mol. The quantitative estimate of drug-likeness (QED) is 0.748. The van der Waals surface area contributed by atoms with Crippen LogP contribution in [-0.2, 0) is 9.59 Å². The van der Waals surface area contributed by atoms with Crippen molar-refractivity contribution < 1.29 is 24.2 Å². The molecule has 2 aromatic rings. The van der Waals surface area contributed by atoms with Gasteiger partial charge in [-0.3, -0.25) is 4.79 Å². The number of carboxylic acids is 1. The van der Waals surface area contributed by atoms with E-state index >= 15 is 0 Å². The number of hydrazone groups is 1. The van der Waals surface area contributed by atoms with Gasteiger partial charge in [0.1, 0.15) is 0 Å². The number of aliphatic carboxylic acids is 1. The topological polar surface area (TPSA) is 88.4 Å². The van der Waals surface area contributed by atoms with Gasteiger partial charge in [-0.1, -0.05) is 23.7 Å². The number of halogens is 1. The van der Waals surface area contributed by atoms with E-state index in [4.69, 9.17) is 26.2 Å². The Morgan fingerprint density at radius 3 is 2.71 bits per heavy atom. The smallest absolute Gasteiger partial charge is 0.341 e.